The van der Waals surface area contributed by atoms with Gasteiger partial charge in [0.2, 0.25) is 5.78 Å². The molecule has 0 amide bonds. The number of phenols is 2. The van der Waals surface area contributed by atoms with E-state index in [1.165, 1.54) is 25.3 Å². The van der Waals surface area contributed by atoms with Crippen LogP contribution in [0, 0.1) is 12.8 Å². The van der Waals surface area contributed by atoms with Crippen molar-refractivity contribution in [3.05, 3.63) is 52.1 Å². The molecule has 28 heavy (non-hydrogen) atoms. The SMILES string of the molecule is COc1c(C(CC(C)C)OC)ccc(O)c1C(=O)c1c(O)cc(C)cc1C=O. The number of ketones is 1. The Bertz CT molecular complexity index is 885. The minimum absolute atomic E-state index is 0.0415. The lowest BCUT2D eigenvalue weighted by atomic mass is 9.91. The van der Waals surface area contributed by atoms with Gasteiger partial charge in [-0.2, -0.15) is 0 Å². The number of aryl methyl sites for hydroxylation is 1. The standard InChI is InChI=1S/C22H26O6/c1-12(2)8-18(27-4)15-6-7-16(24)20(22(15)28-5)21(26)19-14(11-23)9-13(3)10-17(19)25/h6-7,9-12,18,24-25H,8H2,1-5H3. The van der Waals surface area contributed by atoms with E-state index in [2.05, 4.69) is 0 Å². The molecule has 0 fully saturated rings. The lowest BCUT2D eigenvalue weighted by Crippen LogP contribution is -2.13. The first-order valence-electron chi connectivity index (χ1n) is 9.01. The monoisotopic (exact) mass is 386 g/mol. The highest BCUT2D eigenvalue weighted by molar-refractivity contribution is 6.17. The van der Waals surface area contributed by atoms with E-state index < -0.39 is 5.78 Å². The Balaban J connectivity index is 2.71. The molecule has 2 rings (SSSR count). The summed E-state index contributed by atoms with van der Waals surface area (Å²) in [4.78, 5) is 24.7. The number of hydrogen-bond donors (Lipinski definition) is 2. The zero-order valence-corrected chi connectivity index (χ0v) is 16.8. The fourth-order valence-corrected chi connectivity index (χ4v) is 3.32. The quantitative estimate of drug-likeness (QED) is 0.522. The minimum atomic E-state index is -0.699. The van der Waals surface area contributed by atoms with Crippen molar-refractivity contribution < 1.29 is 29.3 Å². The number of rotatable bonds is 8. The average Bonchev–Trinajstić information content (AvgIpc) is 2.64. The second-order valence-corrected chi connectivity index (χ2v) is 7.13. The molecule has 6 heteroatoms. The van der Waals surface area contributed by atoms with Gasteiger partial charge in [-0.05, 0) is 49.1 Å². The van der Waals surface area contributed by atoms with Gasteiger partial charge >= 0.3 is 0 Å². The number of methoxy groups -OCH3 is 2. The molecule has 0 aromatic heterocycles. The van der Waals surface area contributed by atoms with E-state index in [1.807, 2.05) is 13.8 Å². The zero-order chi connectivity index (χ0) is 21.0. The first-order valence-corrected chi connectivity index (χ1v) is 9.01. The highest BCUT2D eigenvalue weighted by Gasteiger charge is 2.29. The van der Waals surface area contributed by atoms with Crippen LogP contribution < -0.4 is 4.74 Å². The van der Waals surface area contributed by atoms with Gasteiger partial charge in [-0.15, -0.1) is 0 Å². The number of ether oxygens (including phenoxy) is 2. The topological polar surface area (TPSA) is 93.1 Å². The molecule has 1 atom stereocenters. The van der Waals surface area contributed by atoms with E-state index in [9.17, 15) is 19.8 Å². The molecule has 2 N–H and O–H groups in total. The Hall–Kier alpha value is -2.86. The Morgan fingerprint density at radius 2 is 1.79 bits per heavy atom. The molecule has 150 valence electrons. The van der Waals surface area contributed by atoms with Crippen molar-refractivity contribution in [1.82, 2.24) is 0 Å². The summed E-state index contributed by atoms with van der Waals surface area (Å²) in [7, 11) is 2.96. The lowest BCUT2D eigenvalue weighted by Gasteiger charge is -2.22. The van der Waals surface area contributed by atoms with Crippen molar-refractivity contribution in [3.8, 4) is 17.2 Å². The third kappa shape index (κ3) is 4.17. The fourth-order valence-electron chi connectivity index (χ4n) is 3.32. The second-order valence-electron chi connectivity index (χ2n) is 7.13. The summed E-state index contributed by atoms with van der Waals surface area (Å²) >= 11 is 0. The molecule has 6 nitrogen and oxygen atoms in total. The minimum Gasteiger partial charge on any atom is -0.507 e. The molecule has 0 radical (unpaired) electrons. The van der Waals surface area contributed by atoms with Gasteiger partial charge in [0.05, 0.1) is 18.8 Å². The second kappa shape index (κ2) is 8.89. The number of phenolic OH excluding ortho intramolecular Hbond substituents is 2. The van der Waals surface area contributed by atoms with Crippen LogP contribution >= 0.6 is 0 Å². The molecular weight excluding hydrogens is 360 g/mol. The third-order valence-corrected chi connectivity index (χ3v) is 4.56. The molecule has 2 aromatic carbocycles. The van der Waals surface area contributed by atoms with Crippen molar-refractivity contribution in [1.29, 1.82) is 0 Å². The Morgan fingerprint density at radius 1 is 1.11 bits per heavy atom. The van der Waals surface area contributed by atoms with Gasteiger partial charge in [-0.25, -0.2) is 0 Å². The average molecular weight is 386 g/mol. The number of aldehydes is 1. The van der Waals surface area contributed by atoms with Gasteiger partial charge in [0.1, 0.15) is 22.8 Å². The number of carbonyl (C=O) groups is 2. The van der Waals surface area contributed by atoms with Crippen molar-refractivity contribution in [3.63, 3.8) is 0 Å². The van der Waals surface area contributed by atoms with Gasteiger partial charge in [0.15, 0.2) is 6.29 Å². The summed E-state index contributed by atoms with van der Waals surface area (Å²) in [5.41, 5.74) is 0.994. The number of carbonyl (C=O) groups excluding carboxylic acids is 2. The van der Waals surface area contributed by atoms with Crippen molar-refractivity contribution >= 4 is 12.1 Å². The van der Waals surface area contributed by atoms with Crippen LogP contribution in [0.2, 0.25) is 0 Å². The molecule has 0 aliphatic carbocycles. The fraction of sp³-hybridized carbons (Fsp3) is 0.364. The van der Waals surface area contributed by atoms with Gasteiger partial charge in [-0.1, -0.05) is 13.8 Å². The molecule has 0 heterocycles. The van der Waals surface area contributed by atoms with Crippen LogP contribution in [-0.2, 0) is 4.74 Å². The first-order chi connectivity index (χ1) is 13.2. The van der Waals surface area contributed by atoms with Crippen LogP contribution in [0.3, 0.4) is 0 Å². The Morgan fingerprint density at radius 3 is 2.32 bits per heavy atom. The van der Waals surface area contributed by atoms with Crippen LogP contribution in [0.25, 0.3) is 0 Å². The number of benzene rings is 2. The maximum absolute atomic E-state index is 13.2. The van der Waals surface area contributed by atoms with Crippen LogP contribution in [0.4, 0.5) is 0 Å². The predicted octanol–water partition coefficient (Wildman–Crippen LogP) is 4.19. The van der Waals surface area contributed by atoms with Crippen molar-refractivity contribution in [2.45, 2.75) is 33.3 Å². The van der Waals surface area contributed by atoms with E-state index in [1.54, 1.807) is 20.1 Å². The Labute approximate surface area is 164 Å². The summed E-state index contributed by atoms with van der Waals surface area (Å²) in [6, 6.07) is 5.94. The van der Waals surface area contributed by atoms with Gasteiger partial charge in [-0.3, -0.25) is 9.59 Å². The number of hydrogen-bond acceptors (Lipinski definition) is 6. The van der Waals surface area contributed by atoms with E-state index >= 15 is 0 Å². The normalized spacial score (nSPS) is 12.1. The van der Waals surface area contributed by atoms with E-state index in [0.29, 0.717) is 29.8 Å². The summed E-state index contributed by atoms with van der Waals surface area (Å²) in [6.45, 7) is 5.80. The van der Waals surface area contributed by atoms with Crippen LogP contribution in [-0.4, -0.2) is 36.5 Å². The summed E-state index contributed by atoms with van der Waals surface area (Å²) in [5.74, 6) is -0.846. The third-order valence-electron chi connectivity index (χ3n) is 4.56. The van der Waals surface area contributed by atoms with Crippen molar-refractivity contribution in [2.24, 2.45) is 5.92 Å². The lowest BCUT2D eigenvalue weighted by molar-refractivity contribution is 0.0820. The largest absolute Gasteiger partial charge is 0.507 e. The van der Waals surface area contributed by atoms with Gasteiger partial charge in [0, 0.05) is 18.2 Å². The van der Waals surface area contributed by atoms with E-state index in [0.717, 1.165) is 0 Å². The molecular formula is C22H26O6. The highest BCUT2D eigenvalue weighted by Crippen LogP contribution is 2.40. The molecule has 0 bridgehead atoms. The van der Waals surface area contributed by atoms with Gasteiger partial charge < -0.3 is 19.7 Å². The summed E-state index contributed by atoms with van der Waals surface area (Å²) < 4.78 is 11.0. The zero-order valence-electron chi connectivity index (χ0n) is 16.8. The van der Waals surface area contributed by atoms with E-state index in [4.69, 9.17) is 9.47 Å². The first kappa shape index (κ1) is 21.4. The molecule has 0 saturated carbocycles. The maximum atomic E-state index is 13.2. The smallest absolute Gasteiger partial charge is 0.204 e. The van der Waals surface area contributed by atoms with Crippen LogP contribution in [0.1, 0.15) is 63.8 Å². The highest BCUT2D eigenvalue weighted by atomic mass is 16.5. The molecule has 0 aliphatic heterocycles. The maximum Gasteiger partial charge on any atom is 0.204 e. The van der Waals surface area contributed by atoms with Crippen LogP contribution in [0.15, 0.2) is 24.3 Å². The van der Waals surface area contributed by atoms with E-state index in [-0.39, 0.29) is 40.0 Å². The molecule has 0 saturated heterocycles. The molecule has 0 spiro atoms. The predicted molar refractivity (Wildman–Crippen MR) is 106 cm³/mol. The van der Waals surface area contributed by atoms with Crippen LogP contribution in [0.5, 0.6) is 17.2 Å². The summed E-state index contributed by atoms with van der Waals surface area (Å²) in [6.07, 6.45) is 0.837. The molecule has 0 aliphatic rings. The van der Waals surface area contributed by atoms with Gasteiger partial charge in [0.25, 0.3) is 0 Å². The Kier molecular flexibility index (Phi) is 6.80. The molecule has 1 unspecified atom stereocenters. The number of aromatic hydroxyl groups is 2. The van der Waals surface area contributed by atoms with Crippen molar-refractivity contribution in [2.75, 3.05) is 14.2 Å². The molecule has 2 aromatic rings. The summed E-state index contributed by atoms with van der Waals surface area (Å²) in [5, 5.41) is 20.7.